The normalized spacial score (nSPS) is 16.0. The first-order valence-corrected chi connectivity index (χ1v) is 9.54. The maximum atomic E-state index is 12.2. The topological polar surface area (TPSA) is 83.7 Å². The summed E-state index contributed by atoms with van der Waals surface area (Å²) in [7, 11) is 0. The summed E-state index contributed by atoms with van der Waals surface area (Å²) >= 11 is 0. The van der Waals surface area contributed by atoms with Gasteiger partial charge in [-0.25, -0.2) is 4.79 Å². The fourth-order valence-electron chi connectivity index (χ4n) is 3.54. The maximum absolute atomic E-state index is 12.2. The second-order valence-corrected chi connectivity index (χ2v) is 7.30. The lowest BCUT2D eigenvalue weighted by Gasteiger charge is -2.35. The molecule has 0 aliphatic heterocycles. The zero-order valence-corrected chi connectivity index (χ0v) is 15.6. The van der Waals surface area contributed by atoms with Gasteiger partial charge in [-0.2, -0.15) is 0 Å². The van der Waals surface area contributed by atoms with Crippen LogP contribution in [-0.2, 0) is 18.0 Å². The van der Waals surface area contributed by atoms with Crippen molar-refractivity contribution < 1.29 is 19.1 Å². The van der Waals surface area contributed by atoms with Crippen molar-refractivity contribution in [3.8, 4) is 0 Å². The van der Waals surface area contributed by atoms with E-state index in [1.807, 2.05) is 36.4 Å². The number of carbonyl (C=O) groups excluding carboxylic acids is 1. The number of urea groups is 1. The highest BCUT2D eigenvalue weighted by Crippen LogP contribution is 2.35. The Morgan fingerprint density at radius 1 is 1.15 bits per heavy atom. The molecule has 3 rings (SSSR count). The number of ether oxygens (including phenoxy) is 1. The molecule has 6 nitrogen and oxygen atoms in total. The molecule has 1 saturated carbocycles. The van der Waals surface area contributed by atoms with Crippen molar-refractivity contribution in [2.45, 2.75) is 45.3 Å². The molecule has 1 aromatic heterocycles. The van der Waals surface area contributed by atoms with E-state index in [0.29, 0.717) is 25.4 Å². The number of hydrogen-bond acceptors (Lipinski definition) is 4. The van der Waals surface area contributed by atoms with Crippen LogP contribution in [0.2, 0.25) is 0 Å². The van der Waals surface area contributed by atoms with Crippen LogP contribution in [0.1, 0.15) is 43.4 Å². The number of benzene rings is 1. The Bertz CT molecular complexity index is 709. The SMILES string of the molecule is O=C(NCC1(CO)CCCCC1)Nc1cccc(COCc2ccco2)c1. The lowest BCUT2D eigenvalue weighted by molar-refractivity contribution is 0.0840. The molecule has 3 N–H and O–H groups in total. The fourth-order valence-corrected chi connectivity index (χ4v) is 3.54. The summed E-state index contributed by atoms with van der Waals surface area (Å²) in [6.45, 7) is 1.47. The molecular formula is C21H28N2O4. The first-order valence-electron chi connectivity index (χ1n) is 9.54. The molecule has 1 aromatic carbocycles. The molecule has 27 heavy (non-hydrogen) atoms. The Labute approximate surface area is 159 Å². The van der Waals surface area contributed by atoms with Gasteiger partial charge in [0.25, 0.3) is 0 Å². The van der Waals surface area contributed by atoms with E-state index >= 15 is 0 Å². The molecule has 1 aliphatic carbocycles. The van der Waals surface area contributed by atoms with Gasteiger partial charge in [0.2, 0.25) is 0 Å². The number of anilines is 1. The van der Waals surface area contributed by atoms with Gasteiger partial charge >= 0.3 is 6.03 Å². The molecule has 2 amide bonds. The highest BCUT2D eigenvalue weighted by Gasteiger charge is 2.31. The Balaban J connectivity index is 1.46. The van der Waals surface area contributed by atoms with Gasteiger partial charge in [0.15, 0.2) is 0 Å². The van der Waals surface area contributed by atoms with Crippen molar-refractivity contribution in [2.75, 3.05) is 18.5 Å². The van der Waals surface area contributed by atoms with E-state index in [9.17, 15) is 9.90 Å². The first kappa shape index (κ1) is 19.5. The summed E-state index contributed by atoms with van der Waals surface area (Å²) in [6, 6.07) is 11.0. The summed E-state index contributed by atoms with van der Waals surface area (Å²) in [5, 5.41) is 15.5. The number of aliphatic hydroxyl groups excluding tert-OH is 1. The van der Waals surface area contributed by atoms with Crippen molar-refractivity contribution in [1.82, 2.24) is 5.32 Å². The monoisotopic (exact) mass is 372 g/mol. The third kappa shape index (κ3) is 5.84. The van der Waals surface area contributed by atoms with Crippen molar-refractivity contribution in [1.29, 1.82) is 0 Å². The van der Waals surface area contributed by atoms with Crippen LogP contribution < -0.4 is 10.6 Å². The van der Waals surface area contributed by atoms with Crippen LogP contribution in [-0.4, -0.2) is 24.3 Å². The summed E-state index contributed by atoms with van der Waals surface area (Å²) in [5.74, 6) is 0.782. The highest BCUT2D eigenvalue weighted by molar-refractivity contribution is 5.89. The Morgan fingerprint density at radius 2 is 2.00 bits per heavy atom. The highest BCUT2D eigenvalue weighted by atomic mass is 16.5. The van der Waals surface area contributed by atoms with E-state index in [2.05, 4.69) is 10.6 Å². The van der Waals surface area contributed by atoms with Crippen molar-refractivity contribution in [2.24, 2.45) is 5.41 Å². The summed E-state index contributed by atoms with van der Waals surface area (Å²) < 4.78 is 10.9. The Kier molecular flexibility index (Phi) is 6.90. The minimum absolute atomic E-state index is 0.121. The van der Waals surface area contributed by atoms with E-state index in [4.69, 9.17) is 9.15 Å². The van der Waals surface area contributed by atoms with E-state index in [1.165, 1.54) is 6.42 Å². The number of hydrogen-bond donors (Lipinski definition) is 3. The van der Waals surface area contributed by atoms with Crippen molar-refractivity contribution in [3.05, 3.63) is 54.0 Å². The standard InChI is InChI=1S/C21H28N2O4/c24-16-21(9-2-1-3-10-21)15-22-20(25)23-18-7-4-6-17(12-18)13-26-14-19-8-5-11-27-19/h4-8,11-12,24H,1-3,9-10,13-16H2,(H2,22,23,25). The minimum atomic E-state index is -0.248. The van der Waals surface area contributed by atoms with Gasteiger partial charge in [0, 0.05) is 17.6 Å². The molecule has 1 aliphatic rings. The maximum Gasteiger partial charge on any atom is 0.319 e. The number of amides is 2. The second-order valence-electron chi connectivity index (χ2n) is 7.30. The van der Waals surface area contributed by atoms with Gasteiger partial charge in [0.1, 0.15) is 12.4 Å². The third-order valence-electron chi connectivity index (χ3n) is 5.15. The van der Waals surface area contributed by atoms with E-state index in [1.54, 1.807) is 6.26 Å². The number of carbonyl (C=O) groups is 1. The van der Waals surface area contributed by atoms with Crippen LogP contribution in [0.3, 0.4) is 0 Å². The third-order valence-corrected chi connectivity index (χ3v) is 5.15. The molecule has 0 atom stereocenters. The molecular weight excluding hydrogens is 344 g/mol. The van der Waals surface area contributed by atoms with Crippen LogP contribution in [0.4, 0.5) is 10.5 Å². The summed E-state index contributed by atoms with van der Waals surface area (Å²) in [6.07, 6.45) is 6.99. The summed E-state index contributed by atoms with van der Waals surface area (Å²) in [5.41, 5.74) is 1.52. The molecule has 0 saturated heterocycles. The molecule has 1 heterocycles. The van der Waals surface area contributed by atoms with Crippen LogP contribution in [0.15, 0.2) is 47.1 Å². The fraction of sp³-hybridized carbons (Fsp3) is 0.476. The van der Waals surface area contributed by atoms with Crippen molar-refractivity contribution in [3.63, 3.8) is 0 Å². The molecule has 2 aromatic rings. The number of aliphatic hydroxyl groups is 1. The number of rotatable bonds is 8. The smallest absolute Gasteiger partial charge is 0.319 e. The van der Waals surface area contributed by atoms with Crippen molar-refractivity contribution >= 4 is 11.7 Å². The predicted octanol–water partition coefficient (Wildman–Crippen LogP) is 4.06. The number of furan rings is 1. The first-order chi connectivity index (χ1) is 13.2. The molecule has 6 heteroatoms. The van der Waals surface area contributed by atoms with Crippen LogP contribution >= 0.6 is 0 Å². The molecule has 1 fully saturated rings. The predicted molar refractivity (Wildman–Crippen MR) is 103 cm³/mol. The largest absolute Gasteiger partial charge is 0.467 e. The summed E-state index contributed by atoms with van der Waals surface area (Å²) in [4.78, 5) is 12.2. The van der Waals surface area contributed by atoms with E-state index in [0.717, 1.165) is 37.0 Å². The average Bonchev–Trinajstić information content (AvgIpc) is 3.21. The lowest BCUT2D eigenvalue weighted by atomic mass is 9.74. The quantitative estimate of drug-likeness (QED) is 0.652. The molecule has 0 unspecified atom stereocenters. The van der Waals surface area contributed by atoms with Gasteiger partial charge in [-0.15, -0.1) is 0 Å². The second kappa shape index (κ2) is 9.58. The van der Waals surface area contributed by atoms with E-state index < -0.39 is 0 Å². The molecule has 0 spiro atoms. The minimum Gasteiger partial charge on any atom is -0.467 e. The Morgan fingerprint density at radius 3 is 2.74 bits per heavy atom. The van der Waals surface area contributed by atoms with Gasteiger partial charge in [-0.3, -0.25) is 0 Å². The average molecular weight is 372 g/mol. The van der Waals surface area contributed by atoms with Gasteiger partial charge < -0.3 is 24.9 Å². The lowest BCUT2D eigenvalue weighted by Crippen LogP contribution is -2.42. The van der Waals surface area contributed by atoms with E-state index in [-0.39, 0.29) is 18.1 Å². The number of nitrogens with one attached hydrogen (secondary N) is 2. The Hall–Kier alpha value is -2.31. The zero-order chi connectivity index (χ0) is 19.0. The molecule has 146 valence electrons. The molecule has 0 radical (unpaired) electrons. The van der Waals surface area contributed by atoms with Crippen LogP contribution in [0, 0.1) is 5.41 Å². The van der Waals surface area contributed by atoms with Gasteiger partial charge in [-0.05, 0) is 42.7 Å². The molecule has 0 bridgehead atoms. The van der Waals surface area contributed by atoms with Crippen LogP contribution in [0.25, 0.3) is 0 Å². The van der Waals surface area contributed by atoms with Crippen LogP contribution in [0.5, 0.6) is 0 Å². The van der Waals surface area contributed by atoms with Gasteiger partial charge in [-0.1, -0.05) is 31.4 Å². The zero-order valence-electron chi connectivity index (χ0n) is 15.6. The van der Waals surface area contributed by atoms with Gasteiger partial charge in [0.05, 0.1) is 19.5 Å².